The van der Waals surface area contributed by atoms with Gasteiger partial charge in [0.2, 0.25) is 5.91 Å². The predicted octanol–water partition coefficient (Wildman–Crippen LogP) is 3.87. The van der Waals surface area contributed by atoms with Crippen molar-refractivity contribution in [3.8, 4) is 0 Å². The first-order chi connectivity index (χ1) is 13.7. The van der Waals surface area contributed by atoms with E-state index in [2.05, 4.69) is 23.5 Å². The number of piperidine rings is 1. The minimum Gasteiger partial charge on any atom is -0.472 e. The van der Waals surface area contributed by atoms with Crippen LogP contribution in [0.15, 0.2) is 71.6 Å². The van der Waals surface area contributed by atoms with Crippen molar-refractivity contribution in [3.63, 3.8) is 0 Å². The van der Waals surface area contributed by atoms with Crippen LogP contribution in [0.1, 0.15) is 28.8 Å². The maximum atomic E-state index is 12.3. The quantitative estimate of drug-likeness (QED) is 0.705. The zero-order valence-corrected chi connectivity index (χ0v) is 15.5. The van der Waals surface area contributed by atoms with Gasteiger partial charge in [0.25, 0.3) is 5.91 Å². The summed E-state index contributed by atoms with van der Waals surface area (Å²) >= 11 is 0. The molecule has 2 aromatic carbocycles. The lowest BCUT2D eigenvalue weighted by Crippen LogP contribution is -2.46. The fraction of sp³-hybridized carbons (Fsp3) is 0.217. The van der Waals surface area contributed by atoms with Crippen LogP contribution in [-0.2, 0) is 4.79 Å². The molecule has 3 aromatic rings. The maximum absolute atomic E-state index is 12.3. The minimum atomic E-state index is -0.104. The molecule has 0 bridgehead atoms. The zero-order chi connectivity index (χ0) is 19.3. The number of hydrogen-bond donors (Lipinski definition) is 1. The molecule has 0 aliphatic carbocycles. The van der Waals surface area contributed by atoms with E-state index in [0.29, 0.717) is 18.7 Å². The number of hydrogen-bond acceptors (Lipinski definition) is 3. The first-order valence-electron chi connectivity index (χ1n) is 9.48. The van der Waals surface area contributed by atoms with Gasteiger partial charge >= 0.3 is 0 Å². The van der Waals surface area contributed by atoms with E-state index in [-0.39, 0.29) is 17.9 Å². The standard InChI is InChI=1S/C23H22N2O3/c26-22(9-8-18-6-3-5-17-4-1-2-7-21(17)18)24-20-10-13-25(14-11-20)23(27)19-12-15-28-16-19/h1-9,12,15-16,20H,10-11,13-14H2,(H,24,26)/b9-8+. The van der Waals surface area contributed by atoms with Crippen LogP contribution in [0.4, 0.5) is 0 Å². The Balaban J connectivity index is 1.32. The molecule has 5 nitrogen and oxygen atoms in total. The van der Waals surface area contributed by atoms with Crippen LogP contribution in [0.2, 0.25) is 0 Å². The highest BCUT2D eigenvalue weighted by atomic mass is 16.3. The van der Waals surface area contributed by atoms with Crippen LogP contribution in [0, 0.1) is 0 Å². The third-order valence-electron chi connectivity index (χ3n) is 5.13. The molecule has 1 fully saturated rings. The van der Waals surface area contributed by atoms with Gasteiger partial charge in [0.1, 0.15) is 6.26 Å². The van der Waals surface area contributed by atoms with Crippen LogP contribution < -0.4 is 5.32 Å². The molecule has 1 aliphatic heterocycles. The molecular weight excluding hydrogens is 352 g/mol. The lowest BCUT2D eigenvalue weighted by Gasteiger charge is -2.32. The van der Waals surface area contributed by atoms with Crippen molar-refractivity contribution in [2.75, 3.05) is 13.1 Å². The van der Waals surface area contributed by atoms with E-state index in [1.165, 1.54) is 12.5 Å². The molecule has 1 saturated heterocycles. The molecule has 2 amide bonds. The first kappa shape index (κ1) is 18.0. The Morgan fingerprint density at radius 1 is 1.04 bits per heavy atom. The van der Waals surface area contributed by atoms with E-state index >= 15 is 0 Å². The van der Waals surface area contributed by atoms with Crippen LogP contribution in [0.3, 0.4) is 0 Å². The van der Waals surface area contributed by atoms with Gasteiger partial charge in [0.05, 0.1) is 11.8 Å². The smallest absolute Gasteiger partial charge is 0.257 e. The van der Waals surface area contributed by atoms with Crippen molar-refractivity contribution in [3.05, 3.63) is 78.3 Å². The van der Waals surface area contributed by atoms with E-state index in [0.717, 1.165) is 29.2 Å². The summed E-state index contributed by atoms with van der Waals surface area (Å²) in [5, 5.41) is 5.33. The Kier molecular flexibility index (Phi) is 5.24. The summed E-state index contributed by atoms with van der Waals surface area (Å²) in [6.07, 6.45) is 7.91. The Labute approximate surface area is 163 Å². The molecular formula is C23H22N2O3. The monoisotopic (exact) mass is 374 g/mol. The molecule has 0 saturated carbocycles. The molecule has 142 valence electrons. The number of carbonyl (C=O) groups is 2. The summed E-state index contributed by atoms with van der Waals surface area (Å²) in [7, 11) is 0. The summed E-state index contributed by atoms with van der Waals surface area (Å²) in [5.41, 5.74) is 1.59. The highest BCUT2D eigenvalue weighted by molar-refractivity contribution is 5.97. The van der Waals surface area contributed by atoms with Crippen LogP contribution >= 0.6 is 0 Å². The molecule has 1 aromatic heterocycles. The van der Waals surface area contributed by atoms with E-state index in [1.807, 2.05) is 30.3 Å². The van der Waals surface area contributed by atoms with E-state index < -0.39 is 0 Å². The van der Waals surface area contributed by atoms with Crippen molar-refractivity contribution < 1.29 is 14.0 Å². The SMILES string of the molecule is O=C(/C=C/c1cccc2ccccc12)NC1CCN(C(=O)c2ccoc2)CC1. The topological polar surface area (TPSA) is 62.6 Å². The molecule has 2 heterocycles. The Hall–Kier alpha value is -3.34. The van der Waals surface area contributed by atoms with Gasteiger partial charge in [-0.05, 0) is 41.3 Å². The molecule has 5 heteroatoms. The van der Waals surface area contributed by atoms with Gasteiger partial charge in [0, 0.05) is 25.2 Å². The number of likely N-dealkylation sites (tertiary alicyclic amines) is 1. The Morgan fingerprint density at radius 3 is 2.61 bits per heavy atom. The van der Waals surface area contributed by atoms with E-state index in [4.69, 9.17) is 4.42 Å². The first-order valence-corrected chi connectivity index (χ1v) is 9.48. The number of fused-ring (bicyclic) bond motifs is 1. The fourth-order valence-electron chi connectivity index (χ4n) is 3.61. The van der Waals surface area contributed by atoms with Gasteiger partial charge in [-0.15, -0.1) is 0 Å². The largest absolute Gasteiger partial charge is 0.472 e. The minimum absolute atomic E-state index is 0.0191. The van der Waals surface area contributed by atoms with Crippen LogP contribution in [0.5, 0.6) is 0 Å². The number of carbonyl (C=O) groups excluding carboxylic acids is 2. The van der Waals surface area contributed by atoms with Crippen molar-refractivity contribution in [2.45, 2.75) is 18.9 Å². The molecule has 28 heavy (non-hydrogen) atoms. The second kappa shape index (κ2) is 8.13. The Bertz CT molecular complexity index is 994. The van der Waals surface area contributed by atoms with E-state index in [9.17, 15) is 9.59 Å². The Morgan fingerprint density at radius 2 is 1.82 bits per heavy atom. The molecule has 0 spiro atoms. The van der Waals surface area contributed by atoms with Gasteiger partial charge in [-0.1, -0.05) is 42.5 Å². The number of amides is 2. The number of nitrogens with one attached hydrogen (secondary N) is 1. The molecule has 0 unspecified atom stereocenters. The molecule has 1 aliphatic rings. The van der Waals surface area contributed by atoms with Gasteiger partial charge in [0.15, 0.2) is 0 Å². The average Bonchev–Trinajstić information content (AvgIpc) is 3.27. The highest BCUT2D eigenvalue weighted by Crippen LogP contribution is 2.19. The van der Waals surface area contributed by atoms with Crippen LogP contribution in [-0.4, -0.2) is 35.8 Å². The van der Waals surface area contributed by atoms with Crippen molar-refractivity contribution >= 4 is 28.7 Å². The third kappa shape index (κ3) is 3.98. The number of benzene rings is 2. The molecule has 4 rings (SSSR count). The second-order valence-electron chi connectivity index (χ2n) is 6.99. The summed E-state index contributed by atoms with van der Waals surface area (Å²) in [6, 6.07) is 15.9. The summed E-state index contributed by atoms with van der Waals surface area (Å²) in [4.78, 5) is 26.5. The van der Waals surface area contributed by atoms with Gasteiger partial charge < -0.3 is 14.6 Å². The van der Waals surface area contributed by atoms with Gasteiger partial charge in [-0.25, -0.2) is 0 Å². The second-order valence-corrected chi connectivity index (χ2v) is 6.99. The number of furan rings is 1. The third-order valence-corrected chi connectivity index (χ3v) is 5.13. The zero-order valence-electron chi connectivity index (χ0n) is 15.5. The summed E-state index contributed by atoms with van der Waals surface area (Å²) in [6.45, 7) is 1.25. The molecule has 0 atom stereocenters. The van der Waals surface area contributed by atoms with Crippen LogP contribution in [0.25, 0.3) is 16.8 Å². The van der Waals surface area contributed by atoms with Gasteiger partial charge in [-0.2, -0.15) is 0 Å². The lowest BCUT2D eigenvalue weighted by atomic mass is 10.0. The number of rotatable bonds is 4. The number of nitrogens with zero attached hydrogens (tertiary/aromatic N) is 1. The maximum Gasteiger partial charge on any atom is 0.257 e. The van der Waals surface area contributed by atoms with Crippen molar-refractivity contribution in [2.24, 2.45) is 0 Å². The summed E-state index contributed by atoms with van der Waals surface area (Å²) < 4.78 is 4.98. The van der Waals surface area contributed by atoms with Gasteiger partial charge in [-0.3, -0.25) is 9.59 Å². The van der Waals surface area contributed by atoms with E-state index in [1.54, 1.807) is 17.0 Å². The fourth-order valence-corrected chi connectivity index (χ4v) is 3.61. The predicted molar refractivity (Wildman–Crippen MR) is 109 cm³/mol. The molecule has 0 radical (unpaired) electrons. The van der Waals surface area contributed by atoms with Crippen molar-refractivity contribution in [1.29, 1.82) is 0 Å². The molecule has 1 N–H and O–H groups in total. The normalized spacial score (nSPS) is 15.2. The van der Waals surface area contributed by atoms with Crippen molar-refractivity contribution in [1.82, 2.24) is 10.2 Å². The lowest BCUT2D eigenvalue weighted by molar-refractivity contribution is -0.117. The average molecular weight is 374 g/mol. The summed E-state index contributed by atoms with van der Waals surface area (Å²) in [5.74, 6) is -0.123. The highest BCUT2D eigenvalue weighted by Gasteiger charge is 2.24.